The van der Waals surface area contributed by atoms with Crippen LogP contribution < -0.4 is 0 Å². The largest absolute Gasteiger partial charge is 0.384 e. The van der Waals surface area contributed by atoms with Gasteiger partial charge >= 0.3 is 0 Å². The molecule has 2 aliphatic rings. The lowest BCUT2D eigenvalue weighted by molar-refractivity contribution is 0.0332. The molecule has 0 radical (unpaired) electrons. The van der Waals surface area contributed by atoms with E-state index < -0.39 is 14.6 Å². The molecule has 3 heterocycles. The standard InChI is InChI=1S/C15H20N2O4S/c1-11-3-4-13(16-7-11)14(18)17-9-15(10-17)12(8-21-2)5-6-22(15,19)20/h3-4,7,12H,5-6,8-10H2,1-2H3. The summed E-state index contributed by atoms with van der Waals surface area (Å²) in [7, 11) is -1.59. The number of likely N-dealkylation sites (tertiary alicyclic amines) is 1. The van der Waals surface area contributed by atoms with Gasteiger partial charge in [-0.15, -0.1) is 0 Å². The molecule has 6 nitrogen and oxygen atoms in total. The number of sulfone groups is 1. The molecule has 2 aliphatic heterocycles. The summed E-state index contributed by atoms with van der Waals surface area (Å²) in [6.45, 7) is 2.82. The summed E-state index contributed by atoms with van der Waals surface area (Å²) in [6.07, 6.45) is 2.25. The molecule has 7 heteroatoms. The van der Waals surface area contributed by atoms with Gasteiger partial charge in [0.25, 0.3) is 5.91 Å². The van der Waals surface area contributed by atoms with Crippen molar-refractivity contribution in [3.05, 3.63) is 29.6 Å². The van der Waals surface area contributed by atoms with Gasteiger partial charge in [0.1, 0.15) is 10.4 Å². The van der Waals surface area contributed by atoms with Gasteiger partial charge in [-0.1, -0.05) is 6.07 Å². The molecular formula is C15H20N2O4S. The Morgan fingerprint density at radius 1 is 1.45 bits per heavy atom. The number of methoxy groups -OCH3 is 1. The summed E-state index contributed by atoms with van der Waals surface area (Å²) in [5.41, 5.74) is 1.34. The highest BCUT2D eigenvalue weighted by atomic mass is 32.2. The predicted octanol–water partition coefficient (Wildman–Crippen LogP) is 0.666. The van der Waals surface area contributed by atoms with Crippen LogP contribution in [0.25, 0.3) is 0 Å². The highest BCUT2D eigenvalue weighted by Gasteiger charge is 2.62. The first-order chi connectivity index (χ1) is 10.4. The second-order valence-electron chi connectivity index (χ2n) is 6.21. The summed E-state index contributed by atoms with van der Waals surface area (Å²) in [6, 6.07) is 3.51. The van der Waals surface area contributed by atoms with Gasteiger partial charge in [-0.25, -0.2) is 8.42 Å². The molecule has 120 valence electrons. The summed E-state index contributed by atoms with van der Waals surface area (Å²) in [5, 5.41) is 0. The lowest BCUT2D eigenvalue weighted by atomic mass is 9.83. The summed E-state index contributed by atoms with van der Waals surface area (Å²) in [5.74, 6) is -0.0484. The second-order valence-corrected chi connectivity index (χ2v) is 8.66. The highest BCUT2D eigenvalue weighted by molar-refractivity contribution is 7.93. The van der Waals surface area contributed by atoms with Crippen LogP contribution in [0.3, 0.4) is 0 Å². The Kier molecular flexibility index (Phi) is 3.72. The van der Waals surface area contributed by atoms with Gasteiger partial charge in [-0.2, -0.15) is 0 Å². The number of hydrogen-bond donors (Lipinski definition) is 0. The Balaban J connectivity index is 1.77. The van der Waals surface area contributed by atoms with E-state index in [1.54, 1.807) is 24.3 Å². The van der Waals surface area contributed by atoms with Crippen molar-refractivity contribution in [2.75, 3.05) is 32.6 Å². The molecule has 1 aromatic heterocycles. The van der Waals surface area contributed by atoms with Crippen LogP contribution in [0.2, 0.25) is 0 Å². The van der Waals surface area contributed by atoms with Crippen LogP contribution in [0.1, 0.15) is 22.5 Å². The third-order valence-electron chi connectivity index (χ3n) is 4.80. The van der Waals surface area contributed by atoms with Gasteiger partial charge in [0.05, 0.1) is 12.4 Å². The minimum atomic E-state index is -3.17. The van der Waals surface area contributed by atoms with Gasteiger partial charge in [0.2, 0.25) is 0 Å². The lowest BCUT2D eigenvalue weighted by Gasteiger charge is -2.49. The normalized spacial score (nSPS) is 25.2. The fourth-order valence-electron chi connectivity index (χ4n) is 3.41. The van der Waals surface area contributed by atoms with Crippen molar-refractivity contribution in [2.24, 2.45) is 5.92 Å². The number of aryl methyl sites for hydroxylation is 1. The maximum Gasteiger partial charge on any atom is 0.272 e. The summed E-state index contributed by atoms with van der Waals surface area (Å²) in [4.78, 5) is 18.1. The molecular weight excluding hydrogens is 304 g/mol. The van der Waals surface area contributed by atoms with Crippen molar-refractivity contribution in [1.29, 1.82) is 0 Å². The first-order valence-electron chi connectivity index (χ1n) is 7.33. The van der Waals surface area contributed by atoms with Gasteiger partial charge in [-0.05, 0) is 25.0 Å². The van der Waals surface area contributed by atoms with Crippen LogP contribution >= 0.6 is 0 Å². The van der Waals surface area contributed by atoms with E-state index in [0.717, 1.165) is 5.56 Å². The van der Waals surface area contributed by atoms with E-state index >= 15 is 0 Å². The molecule has 1 atom stereocenters. The molecule has 0 aromatic carbocycles. The number of pyridine rings is 1. The molecule has 0 saturated carbocycles. The van der Waals surface area contributed by atoms with E-state index in [1.165, 1.54) is 0 Å². The Morgan fingerprint density at radius 3 is 2.77 bits per heavy atom. The van der Waals surface area contributed by atoms with Crippen molar-refractivity contribution in [3.63, 3.8) is 0 Å². The predicted molar refractivity (Wildman–Crippen MR) is 81.4 cm³/mol. The molecule has 2 fully saturated rings. The van der Waals surface area contributed by atoms with Crippen molar-refractivity contribution in [1.82, 2.24) is 9.88 Å². The number of amides is 1. The smallest absolute Gasteiger partial charge is 0.272 e. The SMILES string of the molecule is COCC1CCS(=O)(=O)C12CN(C(=O)c1ccc(C)cn1)C2. The molecule has 0 bridgehead atoms. The van der Waals surface area contributed by atoms with Crippen LogP contribution in [0.4, 0.5) is 0 Å². The molecule has 1 spiro atoms. The first-order valence-corrected chi connectivity index (χ1v) is 8.98. The minimum absolute atomic E-state index is 0.0301. The number of nitrogens with zero attached hydrogens (tertiary/aromatic N) is 2. The number of hydrogen-bond acceptors (Lipinski definition) is 5. The Morgan fingerprint density at radius 2 is 2.18 bits per heavy atom. The maximum absolute atomic E-state index is 12.4. The highest BCUT2D eigenvalue weighted by Crippen LogP contribution is 2.45. The monoisotopic (exact) mass is 324 g/mol. The number of ether oxygens (including phenoxy) is 1. The molecule has 1 aromatic rings. The number of aromatic nitrogens is 1. The van der Waals surface area contributed by atoms with Crippen LogP contribution in [-0.4, -0.2) is 61.5 Å². The van der Waals surface area contributed by atoms with Crippen molar-refractivity contribution in [3.8, 4) is 0 Å². The minimum Gasteiger partial charge on any atom is -0.384 e. The fourth-order valence-corrected chi connectivity index (χ4v) is 5.81. The van der Waals surface area contributed by atoms with Gasteiger partial charge in [-0.3, -0.25) is 9.78 Å². The molecule has 22 heavy (non-hydrogen) atoms. The second kappa shape index (κ2) is 5.31. The van der Waals surface area contributed by atoms with E-state index in [0.29, 0.717) is 18.7 Å². The van der Waals surface area contributed by atoms with Crippen molar-refractivity contribution in [2.45, 2.75) is 18.1 Å². The zero-order valence-corrected chi connectivity index (χ0v) is 13.6. The lowest BCUT2D eigenvalue weighted by Crippen LogP contribution is -2.68. The van der Waals surface area contributed by atoms with E-state index in [2.05, 4.69) is 4.98 Å². The molecule has 0 aliphatic carbocycles. The van der Waals surface area contributed by atoms with Gasteiger partial charge in [0.15, 0.2) is 9.84 Å². The van der Waals surface area contributed by atoms with E-state index in [-0.39, 0.29) is 30.7 Å². The zero-order chi connectivity index (χ0) is 16.0. The average Bonchev–Trinajstić information content (AvgIpc) is 2.69. The van der Waals surface area contributed by atoms with Crippen molar-refractivity contribution < 1.29 is 17.9 Å². The molecule has 1 unspecified atom stereocenters. The number of rotatable bonds is 3. The quantitative estimate of drug-likeness (QED) is 0.816. The Hall–Kier alpha value is -1.47. The third kappa shape index (κ3) is 2.23. The zero-order valence-electron chi connectivity index (χ0n) is 12.8. The van der Waals surface area contributed by atoms with Crippen LogP contribution in [0.15, 0.2) is 18.3 Å². The summed E-state index contributed by atoms with van der Waals surface area (Å²) < 4.78 is 29.1. The first kappa shape index (κ1) is 15.4. The number of carbonyl (C=O) groups is 1. The Labute approximate surface area is 130 Å². The topological polar surface area (TPSA) is 76.6 Å². The molecule has 1 amide bonds. The van der Waals surface area contributed by atoms with E-state index in [9.17, 15) is 13.2 Å². The molecule has 2 saturated heterocycles. The van der Waals surface area contributed by atoms with Crippen LogP contribution in [0.5, 0.6) is 0 Å². The fraction of sp³-hybridized carbons (Fsp3) is 0.600. The maximum atomic E-state index is 12.4. The Bertz CT molecular complexity index is 678. The van der Waals surface area contributed by atoms with Crippen LogP contribution in [-0.2, 0) is 14.6 Å². The molecule has 0 N–H and O–H groups in total. The van der Waals surface area contributed by atoms with E-state index in [4.69, 9.17) is 4.74 Å². The number of carbonyl (C=O) groups excluding carboxylic acids is 1. The van der Waals surface area contributed by atoms with E-state index in [1.807, 2.05) is 13.0 Å². The summed E-state index contributed by atoms with van der Waals surface area (Å²) >= 11 is 0. The average molecular weight is 324 g/mol. The van der Waals surface area contributed by atoms with Crippen molar-refractivity contribution >= 4 is 15.7 Å². The van der Waals surface area contributed by atoms with Crippen LogP contribution in [0, 0.1) is 12.8 Å². The molecule has 3 rings (SSSR count). The third-order valence-corrected chi connectivity index (χ3v) is 7.40. The van der Waals surface area contributed by atoms with Gasteiger partial charge in [0, 0.05) is 32.3 Å². The van der Waals surface area contributed by atoms with Gasteiger partial charge < -0.3 is 9.64 Å².